The summed E-state index contributed by atoms with van der Waals surface area (Å²) in [6.45, 7) is 3.60. The number of hydrazine groups is 1. The average Bonchev–Trinajstić information content (AvgIpc) is 2.37. The molecule has 8 heteroatoms. The molecule has 0 radical (unpaired) electrons. The summed E-state index contributed by atoms with van der Waals surface area (Å²) in [5, 5.41) is 5.56. The summed E-state index contributed by atoms with van der Waals surface area (Å²) < 4.78 is 9.69. The van der Waals surface area contributed by atoms with Crippen LogP contribution in [0, 0.1) is 0 Å². The van der Waals surface area contributed by atoms with Crippen molar-refractivity contribution in [3.05, 3.63) is 0 Å². The summed E-state index contributed by atoms with van der Waals surface area (Å²) in [5.74, 6) is 5.49. The van der Waals surface area contributed by atoms with Gasteiger partial charge in [-0.05, 0) is 6.92 Å². The van der Waals surface area contributed by atoms with E-state index in [4.69, 9.17) is 15.3 Å². The minimum atomic E-state index is -0.445. The number of rotatable bonds is 8. The topological polar surface area (TPSA) is 110 Å². The van der Waals surface area contributed by atoms with Gasteiger partial charge in [0.2, 0.25) is 11.9 Å². The molecule has 5 N–H and O–H groups in total. The van der Waals surface area contributed by atoms with E-state index in [9.17, 15) is 4.79 Å². The van der Waals surface area contributed by atoms with Gasteiger partial charge in [-0.1, -0.05) is 0 Å². The molecule has 0 aliphatic carbocycles. The van der Waals surface area contributed by atoms with Gasteiger partial charge in [-0.2, -0.15) is 0 Å². The zero-order valence-electron chi connectivity index (χ0n) is 11.2. The Balaban J connectivity index is 4.04. The molecule has 0 aromatic carbocycles. The van der Waals surface area contributed by atoms with E-state index in [-0.39, 0.29) is 5.91 Å². The highest BCUT2D eigenvalue weighted by molar-refractivity contribution is 5.88. The first-order valence-electron chi connectivity index (χ1n) is 5.68. The van der Waals surface area contributed by atoms with Gasteiger partial charge in [0.25, 0.3) is 0 Å². The Morgan fingerprint density at radius 1 is 1.33 bits per heavy atom. The number of ether oxygens (including phenoxy) is 2. The van der Waals surface area contributed by atoms with Crippen molar-refractivity contribution < 1.29 is 14.3 Å². The van der Waals surface area contributed by atoms with Crippen molar-refractivity contribution >= 4 is 11.9 Å². The molecular weight excluding hydrogens is 238 g/mol. The van der Waals surface area contributed by atoms with Gasteiger partial charge in [0, 0.05) is 20.8 Å². The Morgan fingerprint density at radius 3 is 2.56 bits per heavy atom. The minimum Gasteiger partial charge on any atom is -0.383 e. The van der Waals surface area contributed by atoms with E-state index in [1.54, 1.807) is 21.1 Å². The highest BCUT2D eigenvalue weighted by atomic mass is 16.5. The molecule has 8 nitrogen and oxygen atoms in total. The Labute approximate surface area is 107 Å². The monoisotopic (exact) mass is 261 g/mol. The maximum absolute atomic E-state index is 11.6. The third kappa shape index (κ3) is 7.82. The summed E-state index contributed by atoms with van der Waals surface area (Å²) in [5.41, 5.74) is 2.39. The number of carbonyl (C=O) groups excluding carboxylic acids is 1. The van der Waals surface area contributed by atoms with Gasteiger partial charge in [0.15, 0.2) is 0 Å². The lowest BCUT2D eigenvalue weighted by Gasteiger charge is -2.16. The number of nitrogens with two attached hydrogens (primary N) is 1. The normalized spacial score (nSPS) is 13.0. The van der Waals surface area contributed by atoms with Gasteiger partial charge < -0.3 is 20.1 Å². The largest absolute Gasteiger partial charge is 0.383 e. The zero-order chi connectivity index (χ0) is 13.8. The Hall–Kier alpha value is -1.38. The number of guanidine groups is 1. The number of nitrogens with one attached hydrogen (secondary N) is 3. The van der Waals surface area contributed by atoms with Crippen molar-refractivity contribution in [1.29, 1.82) is 0 Å². The highest BCUT2D eigenvalue weighted by Crippen LogP contribution is 1.83. The number of nitrogens with zero attached hydrogens (tertiary/aromatic N) is 1. The van der Waals surface area contributed by atoms with Gasteiger partial charge in [-0.25, -0.2) is 10.8 Å². The van der Waals surface area contributed by atoms with Crippen LogP contribution in [0.25, 0.3) is 0 Å². The van der Waals surface area contributed by atoms with Crippen LogP contribution in [0.4, 0.5) is 0 Å². The van der Waals surface area contributed by atoms with Crippen LogP contribution in [-0.2, 0) is 14.3 Å². The van der Waals surface area contributed by atoms with Gasteiger partial charge in [-0.15, -0.1) is 0 Å². The molecule has 1 amide bonds. The fourth-order valence-corrected chi connectivity index (χ4v) is 1.08. The fraction of sp³-hybridized carbons (Fsp3) is 0.800. The third-order valence-electron chi connectivity index (χ3n) is 2.05. The molecule has 0 saturated heterocycles. The molecule has 1 unspecified atom stereocenters. The molecule has 106 valence electrons. The first-order valence-corrected chi connectivity index (χ1v) is 5.68. The maximum atomic E-state index is 11.6. The van der Waals surface area contributed by atoms with Gasteiger partial charge in [-0.3, -0.25) is 10.2 Å². The lowest BCUT2D eigenvalue weighted by Crippen LogP contribution is -2.51. The lowest BCUT2D eigenvalue weighted by molar-refractivity contribution is -0.122. The summed E-state index contributed by atoms with van der Waals surface area (Å²) >= 11 is 0. The smallest absolute Gasteiger partial charge is 0.242 e. The van der Waals surface area contributed by atoms with Crippen LogP contribution in [0.1, 0.15) is 6.92 Å². The SMILES string of the molecule is COCCN=C(NN)NC(C)C(=O)NCCOC. The molecule has 0 aliphatic rings. The predicted molar refractivity (Wildman–Crippen MR) is 69.0 cm³/mol. The van der Waals surface area contributed by atoms with Gasteiger partial charge in [0.05, 0.1) is 19.8 Å². The summed E-state index contributed by atoms with van der Waals surface area (Å²) in [4.78, 5) is 15.7. The van der Waals surface area contributed by atoms with Crippen molar-refractivity contribution in [2.24, 2.45) is 10.8 Å². The fourth-order valence-electron chi connectivity index (χ4n) is 1.08. The predicted octanol–water partition coefficient (Wildman–Crippen LogP) is -1.81. The molecule has 0 aliphatic heterocycles. The van der Waals surface area contributed by atoms with Crippen LogP contribution in [0.2, 0.25) is 0 Å². The Kier molecular flexibility index (Phi) is 9.93. The first-order chi connectivity index (χ1) is 8.65. The minimum absolute atomic E-state index is 0.151. The van der Waals surface area contributed by atoms with E-state index in [1.807, 2.05) is 0 Å². The third-order valence-corrected chi connectivity index (χ3v) is 2.05. The molecule has 0 aromatic rings. The summed E-state index contributed by atoms with van der Waals surface area (Å²) in [7, 11) is 3.16. The second-order valence-corrected chi connectivity index (χ2v) is 3.52. The van der Waals surface area contributed by atoms with Crippen molar-refractivity contribution in [3.8, 4) is 0 Å². The molecular formula is C10H23N5O3. The van der Waals surface area contributed by atoms with E-state index in [0.29, 0.717) is 32.3 Å². The second kappa shape index (κ2) is 10.8. The van der Waals surface area contributed by atoms with Crippen molar-refractivity contribution in [1.82, 2.24) is 16.1 Å². The van der Waals surface area contributed by atoms with Crippen LogP contribution in [-0.4, -0.2) is 58.4 Å². The molecule has 0 rings (SSSR count). The summed E-state index contributed by atoms with van der Waals surface area (Å²) in [6, 6.07) is -0.445. The van der Waals surface area contributed by atoms with Crippen molar-refractivity contribution in [2.75, 3.05) is 40.5 Å². The van der Waals surface area contributed by atoms with Crippen molar-refractivity contribution in [3.63, 3.8) is 0 Å². The molecule has 1 atom stereocenters. The first kappa shape index (κ1) is 16.6. The van der Waals surface area contributed by atoms with Crippen LogP contribution < -0.4 is 21.9 Å². The van der Waals surface area contributed by atoms with Crippen LogP contribution in [0.15, 0.2) is 4.99 Å². The lowest BCUT2D eigenvalue weighted by atomic mass is 10.3. The van der Waals surface area contributed by atoms with Crippen molar-refractivity contribution in [2.45, 2.75) is 13.0 Å². The van der Waals surface area contributed by atoms with Crippen LogP contribution >= 0.6 is 0 Å². The Bertz CT molecular complexity index is 260. The number of hydrogen-bond donors (Lipinski definition) is 4. The van der Waals surface area contributed by atoms with Crippen LogP contribution in [0.5, 0.6) is 0 Å². The van der Waals surface area contributed by atoms with Gasteiger partial charge in [0.1, 0.15) is 6.04 Å². The number of carbonyl (C=O) groups is 1. The van der Waals surface area contributed by atoms with E-state index >= 15 is 0 Å². The molecule has 0 heterocycles. The average molecular weight is 261 g/mol. The number of hydrogen-bond acceptors (Lipinski definition) is 5. The van der Waals surface area contributed by atoms with E-state index in [2.05, 4.69) is 21.1 Å². The molecule has 0 bridgehead atoms. The van der Waals surface area contributed by atoms with Gasteiger partial charge >= 0.3 is 0 Å². The van der Waals surface area contributed by atoms with E-state index in [0.717, 1.165) is 0 Å². The van der Waals surface area contributed by atoms with E-state index in [1.165, 1.54) is 0 Å². The maximum Gasteiger partial charge on any atom is 0.242 e. The molecule has 0 aromatic heterocycles. The highest BCUT2D eigenvalue weighted by Gasteiger charge is 2.13. The second-order valence-electron chi connectivity index (χ2n) is 3.52. The summed E-state index contributed by atoms with van der Waals surface area (Å²) in [6.07, 6.45) is 0. The van der Waals surface area contributed by atoms with E-state index < -0.39 is 6.04 Å². The standard InChI is InChI=1S/C10H23N5O3/c1-8(9(16)12-4-6-17-2)14-10(15-11)13-5-7-18-3/h8H,4-7,11H2,1-3H3,(H,12,16)(H2,13,14,15). The quantitative estimate of drug-likeness (QED) is 0.135. The number of aliphatic imine (C=N–C) groups is 1. The number of amides is 1. The molecule has 0 saturated carbocycles. The van der Waals surface area contributed by atoms with Crippen LogP contribution in [0.3, 0.4) is 0 Å². The zero-order valence-corrected chi connectivity index (χ0v) is 11.2. The number of methoxy groups -OCH3 is 2. The molecule has 18 heavy (non-hydrogen) atoms. The Morgan fingerprint density at radius 2 is 2.00 bits per heavy atom. The molecule has 0 spiro atoms. The molecule has 0 fully saturated rings.